The van der Waals surface area contributed by atoms with E-state index in [-0.39, 0.29) is 30.2 Å². The fourth-order valence-corrected chi connectivity index (χ4v) is 2.24. The highest BCUT2D eigenvalue weighted by Crippen LogP contribution is 2.01. The first-order valence-electron chi connectivity index (χ1n) is 5.22. The zero-order chi connectivity index (χ0) is 14.6. The number of nitrogens with zero attached hydrogens (tertiary/aromatic N) is 1. The van der Waals surface area contributed by atoms with Crippen molar-refractivity contribution in [1.29, 1.82) is 0 Å². The summed E-state index contributed by atoms with van der Waals surface area (Å²) in [4.78, 5) is 12.9. The molecule has 106 valence electrons. The Morgan fingerprint density at radius 3 is 1.56 bits per heavy atom. The summed E-state index contributed by atoms with van der Waals surface area (Å²) in [5.41, 5.74) is 0.247. The van der Waals surface area contributed by atoms with Gasteiger partial charge in [0.1, 0.15) is 19.7 Å². The Hall–Kier alpha value is -0.890. The summed E-state index contributed by atoms with van der Waals surface area (Å²) in [5.74, 6) is -0.826. The summed E-state index contributed by atoms with van der Waals surface area (Å²) in [7, 11) is -6.41. The molecular weight excluding hydrogens is 278 g/mol. The van der Waals surface area contributed by atoms with Gasteiger partial charge in [0.15, 0.2) is 0 Å². The van der Waals surface area contributed by atoms with Crippen LogP contribution in [0, 0.1) is 0 Å². The number of hydrogen-bond donors (Lipinski definition) is 0. The van der Waals surface area contributed by atoms with Crippen molar-refractivity contribution in [1.82, 2.24) is 4.90 Å². The van der Waals surface area contributed by atoms with Gasteiger partial charge < -0.3 is 4.90 Å². The van der Waals surface area contributed by atoms with Crippen molar-refractivity contribution >= 4 is 25.6 Å². The third kappa shape index (κ3) is 8.24. The van der Waals surface area contributed by atoms with Gasteiger partial charge in [0, 0.05) is 31.2 Å². The summed E-state index contributed by atoms with van der Waals surface area (Å²) in [5, 5.41) is 0. The standard InChI is InChI=1S/C10H19NO5S2/c1-9(2)10(12)11(5-7-17(3,13)14)6-8-18(4,15)16/h1,5-8H2,2-4H3. The van der Waals surface area contributed by atoms with Crippen molar-refractivity contribution in [2.45, 2.75) is 6.92 Å². The fraction of sp³-hybridized carbons (Fsp3) is 0.700. The average molecular weight is 297 g/mol. The molecule has 0 aromatic heterocycles. The van der Waals surface area contributed by atoms with E-state index in [0.717, 1.165) is 12.5 Å². The first kappa shape index (κ1) is 17.1. The van der Waals surface area contributed by atoms with Gasteiger partial charge in [-0.25, -0.2) is 16.8 Å². The van der Waals surface area contributed by atoms with E-state index in [4.69, 9.17) is 0 Å². The molecule has 0 saturated carbocycles. The summed E-state index contributed by atoms with van der Waals surface area (Å²) < 4.78 is 44.2. The molecule has 0 atom stereocenters. The lowest BCUT2D eigenvalue weighted by Crippen LogP contribution is -2.38. The first-order valence-corrected chi connectivity index (χ1v) is 9.35. The number of carbonyl (C=O) groups is 1. The third-order valence-corrected chi connectivity index (χ3v) is 3.96. The molecule has 0 unspecified atom stereocenters. The van der Waals surface area contributed by atoms with E-state index in [1.165, 1.54) is 11.8 Å². The second-order valence-corrected chi connectivity index (χ2v) is 8.85. The van der Waals surface area contributed by atoms with Gasteiger partial charge in [-0.1, -0.05) is 6.58 Å². The summed E-state index contributed by atoms with van der Waals surface area (Å²) >= 11 is 0. The highest BCUT2D eigenvalue weighted by Gasteiger charge is 2.17. The Morgan fingerprint density at radius 1 is 1.00 bits per heavy atom. The van der Waals surface area contributed by atoms with Crippen molar-refractivity contribution in [2.75, 3.05) is 37.1 Å². The molecule has 18 heavy (non-hydrogen) atoms. The molecule has 0 aliphatic heterocycles. The summed E-state index contributed by atoms with van der Waals surface area (Å²) in [6.45, 7) is 4.92. The molecule has 6 nitrogen and oxygen atoms in total. The minimum atomic E-state index is -3.21. The van der Waals surface area contributed by atoms with Crippen LogP contribution >= 0.6 is 0 Å². The second-order valence-electron chi connectivity index (χ2n) is 4.33. The monoisotopic (exact) mass is 297 g/mol. The number of sulfone groups is 2. The van der Waals surface area contributed by atoms with Crippen LogP contribution in [0.1, 0.15) is 6.92 Å². The second kappa shape index (κ2) is 6.33. The highest BCUT2D eigenvalue weighted by atomic mass is 32.2. The summed E-state index contributed by atoms with van der Waals surface area (Å²) in [6.07, 6.45) is 2.12. The van der Waals surface area contributed by atoms with Gasteiger partial charge in [-0.2, -0.15) is 0 Å². The lowest BCUT2D eigenvalue weighted by atomic mass is 10.3. The molecular formula is C10H19NO5S2. The Kier molecular flexibility index (Phi) is 6.01. The smallest absolute Gasteiger partial charge is 0.248 e. The molecule has 0 bridgehead atoms. The van der Waals surface area contributed by atoms with Crippen molar-refractivity contribution < 1.29 is 21.6 Å². The molecule has 0 rings (SSSR count). The van der Waals surface area contributed by atoms with Crippen LogP contribution in [-0.2, 0) is 24.5 Å². The topological polar surface area (TPSA) is 88.6 Å². The maximum atomic E-state index is 11.7. The quantitative estimate of drug-likeness (QED) is 0.590. The number of carbonyl (C=O) groups excluding carboxylic acids is 1. The Labute approximate surface area is 109 Å². The Morgan fingerprint density at radius 2 is 1.33 bits per heavy atom. The molecule has 1 amide bonds. The largest absolute Gasteiger partial charge is 0.337 e. The lowest BCUT2D eigenvalue weighted by molar-refractivity contribution is -0.126. The molecule has 0 N–H and O–H groups in total. The van der Waals surface area contributed by atoms with Gasteiger partial charge >= 0.3 is 0 Å². The first-order chi connectivity index (χ1) is 7.92. The normalized spacial score (nSPS) is 12.2. The molecule has 0 aromatic carbocycles. The van der Waals surface area contributed by atoms with Crippen LogP contribution in [0.15, 0.2) is 12.2 Å². The van der Waals surface area contributed by atoms with E-state index in [0.29, 0.717) is 0 Å². The van der Waals surface area contributed by atoms with Crippen LogP contribution in [0.3, 0.4) is 0 Å². The molecule has 0 saturated heterocycles. The fourth-order valence-electron chi connectivity index (χ4n) is 1.14. The zero-order valence-electron chi connectivity index (χ0n) is 10.8. The highest BCUT2D eigenvalue weighted by molar-refractivity contribution is 7.90. The van der Waals surface area contributed by atoms with Crippen LogP contribution < -0.4 is 0 Å². The van der Waals surface area contributed by atoms with Crippen LogP contribution in [0.25, 0.3) is 0 Å². The van der Waals surface area contributed by atoms with Crippen molar-refractivity contribution in [3.8, 4) is 0 Å². The van der Waals surface area contributed by atoms with E-state index in [1.54, 1.807) is 0 Å². The molecule has 0 spiro atoms. The van der Waals surface area contributed by atoms with Gasteiger partial charge in [0.2, 0.25) is 5.91 Å². The van der Waals surface area contributed by atoms with Gasteiger partial charge in [-0.3, -0.25) is 4.79 Å². The number of hydrogen-bond acceptors (Lipinski definition) is 5. The molecule has 0 aromatic rings. The minimum Gasteiger partial charge on any atom is -0.337 e. The number of amides is 1. The van der Waals surface area contributed by atoms with Crippen LogP contribution in [0.5, 0.6) is 0 Å². The van der Waals surface area contributed by atoms with E-state index < -0.39 is 25.6 Å². The maximum Gasteiger partial charge on any atom is 0.248 e. The lowest BCUT2D eigenvalue weighted by Gasteiger charge is -2.22. The van der Waals surface area contributed by atoms with Crippen molar-refractivity contribution in [3.05, 3.63) is 12.2 Å². The van der Waals surface area contributed by atoms with Gasteiger partial charge in [0.25, 0.3) is 0 Å². The molecule has 0 aliphatic carbocycles. The molecule has 0 radical (unpaired) electrons. The molecule has 0 heterocycles. The van der Waals surface area contributed by atoms with Gasteiger partial charge in [-0.05, 0) is 6.92 Å². The SMILES string of the molecule is C=C(C)C(=O)N(CCS(C)(=O)=O)CCS(C)(=O)=O. The van der Waals surface area contributed by atoms with E-state index in [2.05, 4.69) is 6.58 Å². The predicted molar refractivity (Wildman–Crippen MR) is 70.8 cm³/mol. The van der Waals surface area contributed by atoms with Crippen LogP contribution in [0.2, 0.25) is 0 Å². The van der Waals surface area contributed by atoms with Crippen LogP contribution in [0.4, 0.5) is 0 Å². The minimum absolute atomic E-state index is 0.0277. The van der Waals surface area contributed by atoms with Gasteiger partial charge in [0.05, 0.1) is 11.5 Å². The summed E-state index contributed by atoms with van der Waals surface area (Å²) in [6, 6.07) is 0. The zero-order valence-corrected chi connectivity index (χ0v) is 12.5. The molecule has 8 heteroatoms. The van der Waals surface area contributed by atoms with Crippen LogP contribution in [-0.4, -0.2) is 64.7 Å². The Bertz CT molecular complexity index is 482. The third-order valence-electron chi connectivity index (χ3n) is 2.12. The van der Waals surface area contributed by atoms with E-state index in [1.807, 2.05) is 0 Å². The Balaban J connectivity index is 4.74. The van der Waals surface area contributed by atoms with Crippen molar-refractivity contribution in [3.63, 3.8) is 0 Å². The van der Waals surface area contributed by atoms with Crippen molar-refractivity contribution in [2.24, 2.45) is 0 Å². The average Bonchev–Trinajstić information content (AvgIpc) is 2.13. The van der Waals surface area contributed by atoms with Gasteiger partial charge in [-0.15, -0.1) is 0 Å². The van der Waals surface area contributed by atoms with E-state index >= 15 is 0 Å². The van der Waals surface area contributed by atoms with E-state index in [9.17, 15) is 21.6 Å². The maximum absolute atomic E-state index is 11.7. The number of rotatable bonds is 7. The molecule has 0 aliphatic rings. The predicted octanol–water partition coefficient (Wildman–Crippen LogP) is -0.520. The molecule has 0 fully saturated rings.